The van der Waals surface area contributed by atoms with Crippen LogP contribution in [0.1, 0.15) is 33.2 Å². The van der Waals surface area contributed by atoms with E-state index in [1.54, 1.807) is 4.90 Å². The summed E-state index contributed by atoms with van der Waals surface area (Å²) in [4.78, 5) is 23.5. The third-order valence-corrected chi connectivity index (χ3v) is 12.6. The summed E-state index contributed by atoms with van der Waals surface area (Å²) in [5.74, 6) is 1.70. The van der Waals surface area contributed by atoms with Gasteiger partial charge in [-0.05, 0) is 67.0 Å². The van der Waals surface area contributed by atoms with Crippen molar-refractivity contribution in [1.29, 1.82) is 0 Å². The SMILES string of the molecule is C=CC(=O)N1C[C@H](O[Si](C)(C)C(C)(C)C)C[C@@H](n2nc(-c3ccc(Oc4ccccc4)cc3)c3c(N)ncnc32)C1. The number of piperidine rings is 1. The molecule has 0 bridgehead atoms. The van der Waals surface area contributed by atoms with E-state index in [0.29, 0.717) is 47.8 Å². The minimum atomic E-state index is -2.09. The summed E-state index contributed by atoms with van der Waals surface area (Å²) in [5, 5.41) is 5.76. The van der Waals surface area contributed by atoms with Gasteiger partial charge in [0.05, 0.1) is 17.5 Å². The number of nitrogen functional groups attached to an aromatic ring is 1. The maximum absolute atomic E-state index is 12.8. The molecule has 10 heteroatoms. The van der Waals surface area contributed by atoms with Gasteiger partial charge in [0.1, 0.15) is 29.3 Å². The minimum Gasteiger partial charge on any atom is -0.457 e. The number of rotatable bonds is 7. The quantitative estimate of drug-likeness (QED) is 0.208. The summed E-state index contributed by atoms with van der Waals surface area (Å²) in [6, 6.07) is 17.2. The summed E-state index contributed by atoms with van der Waals surface area (Å²) in [6.07, 6.45) is 3.36. The average molecular weight is 571 g/mol. The zero-order valence-electron chi connectivity index (χ0n) is 24.4. The van der Waals surface area contributed by atoms with Gasteiger partial charge in [-0.1, -0.05) is 45.5 Å². The maximum atomic E-state index is 12.8. The topological polar surface area (TPSA) is 108 Å². The number of aromatic nitrogens is 4. The first-order valence-corrected chi connectivity index (χ1v) is 16.8. The zero-order valence-corrected chi connectivity index (χ0v) is 25.4. The molecule has 2 aromatic heterocycles. The Morgan fingerprint density at radius 2 is 1.73 bits per heavy atom. The number of nitrogens with zero attached hydrogens (tertiary/aromatic N) is 5. The number of anilines is 1. The highest BCUT2D eigenvalue weighted by atomic mass is 28.4. The normalized spacial score (nSPS) is 17.9. The minimum absolute atomic E-state index is 0.0385. The number of hydrogen-bond donors (Lipinski definition) is 1. The Morgan fingerprint density at radius 3 is 2.39 bits per heavy atom. The fourth-order valence-electron chi connectivity index (χ4n) is 4.95. The van der Waals surface area contributed by atoms with Crippen molar-refractivity contribution in [1.82, 2.24) is 24.6 Å². The van der Waals surface area contributed by atoms with Crippen molar-refractivity contribution >= 4 is 31.1 Å². The van der Waals surface area contributed by atoms with Crippen LogP contribution in [0.25, 0.3) is 22.3 Å². The van der Waals surface area contributed by atoms with E-state index in [1.165, 1.54) is 12.4 Å². The molecule has 3 heterocycles. The number of fused-ring (bicyclic) bond motifs is 1. The Kier molecular flexibility index (Phi) is 7.72. The molecule has 2 aromatic carbocycles. The van der Waals surface area contributed by atoms with E-state index in [0.717, 1.165) is 11.3 Å². The number of para-hydroxylation sites is 1. The lowest BCUT2D eigenvalue weighted by Gasteiger charge is -2.44. The van der Waals surface area contributed by atoms with Gasteiger partial charge in [-0.25, -0.2) is 14.6 Å². The highest BCUT2D eigenvalue weighted by Crippen LogP contribution is 2.40. The lowest BCUT2D eigenvalue weighted by molar-refractivity contribution is -0.129. The summed E-state index contributed by atoms with van der Waals surface area (Å²) < 4.78 is 14.7. The molecule has 2 N–H and O–H groups in total. The fourth-order valence-corrected chi connectivity index (χ4v) is 6.31. The van der Waals surface area contributed by atoms with E-state index in [1.807, 2.05) is 59.3 Å². The van der Waals surface area contributed by atoms with Gasteiger partial charge < -0.3 is 19.8 Å². The smallest absolute Gasteiger partial charge is 0.246 e. The van der Waals surface area contributed by atoms with E-state index < -0.39 is 8.32 Å². The highest BCUT2D eigenvalue weighted by molar-refractivity contribution is 6.74. The molecule has 0 spiro atoms. The number of benzene rings is 2. The molecule has 214 valence electrons. The molecule has 1 aliphatic heterocycles. The van der Waals surface area contributed by atoms with Crippen LogP contribution in [0.2, 0.25) is 18.1 Å². The molecule has 4 aromatic rings. The molecular formula is C31H38N6O3Si. The van der Waals surface area contributed by atoms with Crippen molar-refractivity contribution in [2.24, 2.45) is 0 Å². The molecule has 9 nitrogen and oxygen atoms in total. The standard InChI is InChI=1S/C31H38N6O3Si/c1-7-26(38)36-18-22(17-25(19-36)40-41(5,6)31(2,3)4)37-30-27(29(32)33-20-34-30)28(35-37)21-13-15-24(16-14-21)39-23-11-9-8-10-12-23/h7-16,20,22,25H,1,17-19H2,2-6H3,(H2,32,33,34)/t22-,25-/m1/s1. The first-order valence-electron chi connectivity index (χ1n) is 13.9. The number of hydrogen-bond acceptors (Lipinski definition) is 7. The summed E-state index contributed by atoms with van der Waals surface area (Å²) in [6.45, 7) is 15.8. The summed E-state index contributed by atoms with van der Waals surface area (Å²) >= 11 is 0. The highest BCUT2D eigenvalue weighted by Gasteiger charge is 2.42. The zero-order chi connectivity index (χ0) is 29.4. The Morgan fingerprint density at radius 1 is 1.05 bits per heavy atom. The third kappa shape index (κ3) is 5.89. The van der Waals surface area contributed by atoms with E-state index in [-0.39, 0.29) is 23.1 Å². The van der Waals surface area contributed by atoms with Crippen LogP contribution in [-0.2, 0) is 9.22 Å². The third-order valence-electron chi connectivity index (χ3n) is 8.11. The molecule has 2 atom stereocenters. The summed E-state index contributed by atoms with van der Waals surface area (Å²) in [5.41, 5.74) is 8.56. The van der Waals surface area contributed by atoms with Gasteiger partial charge in [0.25, 0.3) is 0 Å². The van der Waals surface area contributed by atoms with Crippen LogP contribution in [-0.4, -0.2) is 58.1 Å². The lowest BCUT2D eigenvalue weighted by Crippen LogP contribution is -2.52. The van der Waals surface area contributed by atoms with Gasteiger partial charge in [-0.15, -0.1) is 0 Å². The van der Waals surface area contributed by atoms with Gasteiger partial charge in [0.2, 0.25) is 5.91 Å². The van der Waals surface area contributed by atoms with Gasteiger partial charge in [-0.2, -0.15) is 5.10 Å². The lowest BCUT2D eigenvalue weighted by atomic mass is 10.0. The monoisotopic (exact) mass is 570 g/mol. The Labute approximate surface area is 242 Å². The fraction of sp³-hybridized carbons (Fsp3) is 0.355. The van der Waals surface area contributed by atoms with Crippen LogP contribution in [0, 0.1) is 0 Å². The van der Waals surface area contributed by atoms with Gasteiger partial charge in [0.15, 0.2) is 14.0 Å². The van der Waals surface area contributed by atoms with E-state index >= 15 is 0 Å². The number of carbonyl (C=O) groups excluding carboxylic acids is 1. The Hall–Kier alpha value is -4.02. The van der Waals surface area contributed by atoms with E-state index in [4.69, 9.17) is 20.0 Å². The van der Waals surface area contributed by atoms with Crippen molar-refractivity contribution < 1.29 is 14.0 Å². The van der Waals surface area contributed by atoms with Crippen molar-refractivity contribution in [2.45, 2.75) is 57.5 Å². The van der Waals surface area contributed by atoms with Gasteiger partial charge >= 0.3 is 0 Å². The molecule has 1 aliphatic rings. The van der Waals surface area contributed by atoms with Gasteiger partial charge in [-0.3, -0.25) is 4.79 Å². The van der Waals surface area contributed by atoms with Crippen molar-refractivity contribution in [2.75, 3.05) is 18.8 Å². The van der Waals surface area contributed by atoms with Crippen LogP contribution in [0.4, 0.5) is 5.82 Å². The van der Waals surface area contributed by atoms with Crippen LogP contribution < -0.4 is 10.5 Å². The molecule has 0 aliphatic carbocycles. The molecule has 0 saturated carbocycles. The first-order chi connectivity index (χ1) is 19.5. The number of ether oxygens (including phenoxy) is 1. The molecule has 5 rings (SSSR count). The Balaban J connectivity index is 1.51. The van der Waals surface area contributed by atoms with Crippen molar-refractivity contribution in [3.05, 3.63) is 73.6 Å². The van der Waals surface area contributed by atoms with Crippen molar-refractivity contribution in [3.8, 4) is 22.8 Å². The van der Waals surface area contributed by atoms with Crippen LogP contribution in [0.15, 0.2) is 73.6 Å². The van der Waals surface area contributed by atoms with Crippen molar-refractivity contribution in [3.63, 3.8) is 0 Å². The van der Waals surface area contributed by atoms with Crippen LogP contribution >= 0.6 is 0 Å². The maximum Gasteiger partial charge on any atom is 0.246 e. The second kappa shape index (κ2) is 11.1. The number of amides is 1. The van der Waals surface area contributed by atoms with Crippen LogP contribution in [0.5, 0.6) is 11.5 Å². The van der Waals surface area contributed by atoms with E-state index in [2.05, 4.69) is 50.4 Å². The van der Waals surface area contributed by atoms with E-state index in [9.17, 15) is 4.79 Å². The number of likely N-dealkylation sites (tertiary alicyclic amines) is 1. The predicted molar refractivity (Wildman–Crippen MR) is 164 cm³/mol. The molecule has 1 fully saturated rings. The molecular weight excluding hydrogens is 532 g/mol. The molecule has 41 heavy (non-hydrogen) atoms. The number of carbonyl (C=O) groups is 1. The second-order valence-electron chi connectivity index (χ2n) is 12.0. The largest absolute Gasteiger partial charge is 0.457 e. The van der Waals surface area contributed by atoms with Crippen LogP contribution in [0.3, 0.4) is 0 Å². The summed E-state index contributed by atoms with van der Waals surface area (Å²) in [7, 11) is -2.09. The molecule has 0 unspecified atom stereocenters. The number of nitrogens with two attached hydrogens (primary N) is 1. The predicted octanol–water partition coefficient (Wildman–Crippen LogP) is 6.22. The molecule has 1 saturated heterocycles. The average Bonchev–Trinajstić information content (AvgIpc) is 3.34. The Bertz CT molecular complexity index is 1550. The molecule has 1 amide bonds. The van der Waals surface area contributed by atoms with Gasteiger partial charge in [0, 0.05) is 18.7 Å². The first kappa shape index (κ1) is 28.5. The second-order valence-corrected chi connectivity index (χ2v) is 16.8. The molecule has 0 radical (unpaired) electrons.